The molecule has 0 atom stereocenters. The van der Waals surface area contributed by atoms with Crippen LogP contribution in [0.5, 0.6) is 0 Å². The van der Waals surface area contributed by atoms with Crippen molar-refractivity contribution < 1.29 is 14.3 Å². The summed E-state index contributed by atoms with van der Waals surface area (Å²) in [7, 11) is 0. The van der Waals surface area contributed by atoms with Gasteiger partial charge in [-0.1, -0.05) is 30.3 Å². The molecule has 0 spiro atoms. The maximum atomic E-state index is 11.8. The van der Waals surface area contributed by atoms with E-state index in [1.54, 1.807) is 13.1 Å². The molecular weight excluding hydrogens is 358 g/mol. The molecule has 28 heavy (non-hydrogen) atoms. The van der Waals surface area contributed by atoms with Gasteiger partial charge in [-0.25, -0.2) is 14.8 Å². The smallest absolute Gasteiger partial charge is 0.325 e. The maximum absolute atomic E-state index is 11.8. The summed E-state index contributed by atoms with van der Waals surface area (Å²) in [5, 5.41) is 5.20. The first kappa shape index (κ1) is 19.3. The highest BCUT2D eigenvalue weighted by Crippen LogP contribution is 2.16. The molecule has 3 aromatic rings. The number of benzene rings is 1. The summed E-state index contributed by atoms with van der Waals surface area (Å²) >= 11 is 0. The van der Waals surface area contributed by atoms with E-state index >= 15 is 0 Å². The van der Waals surface area contributed by atoms with Crippen molar-refractivity contribution >= 4 is 23.2 Å². The van der Waals surface area contributed by atoms with Crippen LogP contribution in [-0.2, 0) is 22.5 Å². The van der Waals surface area contributed by atoms with Crippen molar-refractivity contribution in [2.45, 2.75) is 19.9 Å². The average molecular weight is 381 g/mol. The molecule has 0 fully saturated rings. The lowest BCUT2D eigenvalue weighted by atomic mass is 10.2. The van der Waals surface area contributed by atoms with Crippen LogP contribution in [-0.4, -0.2) is 46.2 Å². The average Bonchev–Trinajstić information content (AvgIpc) is 3.05. The molecule has 2 N–H and O–H groups in total. The SMILES string of the molecule is CCOC(=O)CNC(=O)NCCc1nc2cccnc2n1Cc1ccccc1. The number of urea groups is 1. The Labute approximate surface area is 162 Å². The Morgan fingerprint density at radius 1 is 1.11 bits per heavy atom. The molecule has 3 rings (SSSR count). The van der Waals surface area contributed by atoms with Crippen molar-refractivity contribution in [3.8, 4) is 0 Å². The molecular formula is C20H23N5O3. The number of nitrogens with zero attached hydrogens (tertiary/aromatic N) is 3. The van der Waals surface area contributed by atoms with E-state index in [1.165, 1.54) is 0 Å². The van der Waals surface area contributed by atoms with Crippen molar-refractivity contribution in [1.29, 1.82) is 0 Å². The van der Waals surface area contributed by atoms with Gasteiger partial charge in [0.1, 0.15) is 17.9 Å². The third-order valence-corrected chi connectivity index (χ3v) is 4.10. The lowest BCUT2D eigenvalue weighted by molar-refractivity contribution is -0.141. The van der Waals surface area contributed by atoms with E-state index in [9.17, 15) is 9.59 Å². The van der Waals surface area contributed by atoms with Crippen molar-refractivity contribution in [2.24, 2.45) is 0 Å². The predicted octanol–water partition coefficient (Wildman–Crippen LogP) is 1.88. The molecule has 1 aromatic carbocycles. The van der Waals surface area contributed by atoms with Crippen molar-refractivity contribution in [1.82, 2.24) is 25.2 Å². The van der Waals surface area contributed by atoms with Crippen molar-refractivity contribution in [3.63, 3.8) is 0 Å². The first-order chi connectivity index (χ1) is 13.7. The standard InChI is InChI=1S/C20H23N5O3/c1-2-28-18(26)13-23-20(27)22-12-10-17-24-16-9-6-11-21-19(16)25(17)14-15-7-4-3-5-8-15/h3-9,11H,2,10,12-14H2,1H3,(H2,22,23,27). The minimum atomic E-state index is -0.464. The largest absolute Gasteiger partial charge is 0.465 e. The Morgan fingerprint density at radius 3 is 2.71 bits per heavy atom. The highest BCUT2D eigenvalue weighted by atomic mass is 16.5. The van der Waals surface area contributed by atoms with Crippen LogP contribution >= 0.6 is 0 Å². The Bertz CT molecular complexity index is 939. The summed E-state index contributed by atoms with van der Waals surface area (Å²) in [4.78, 5) is 32.2. The van der Waals surface area contributed by atoms with E-state index in [4.69, 9.17) is 4.74 Å². The summed E-state index contributed by atoms with van der Waals surface area (Å²) in [5.41, 5.74) is 2.78. The molecule has 0 radical (unpaired) electrons. The molecule has 2 aromatic heterocycles. The van der Waals surface area contributed by atoms with Crippen LogP contribution < -0.4 is 10.6 Å². The third-order valence-electron chi connectivity index (χ3n) is 4.10. The summed E-state index contributed by atoms with van der Waals surface area (Å²) in [6, 6.07) is 13.4. The monoisotopic (exact) mass is 381 g/mol. The van der Waals surface area contributed by atoms with Crippen LogP contribution in [0.25, 0.3) is 11.2 Å². The zero-order chi connectivity index (χ0) is 19.8. The number of carbonyl (C=O) groups excluding carboxylic acids is 2. The first-order valence-corrected chi connectivity index (χ1v) is 9.18. The number of carbonyl (C=O) groups is 2. The van der Waals surface area contributed by atoms with E-state index in [0.29, 0.717) is 19.5 Å². The highest BCUT2D eigenvalue weighted by molar-refractivity contribution is 5.80. The van der Waals surface area contributed by atoms with E-state index in [1.807, 2.05) is 30.3 Å². The van der Waals surface area contributed by atoms with Crippen LogP contribution in [0.2, 0.25) is 0 Å². The molecule has 2 amide bonds. The second-order valence-electron chi connectivity index (χ2n) is 6.11. The quantitative estimate of drug-likeness (QED) is 0.581. The van der Waals surface area contributed by atoms with E-state index in [0.717, 1.165) is 22.6 Å². The Balaban J connectivity index is 1.63. The Morgan fingerprint density at radius 2 is 1.93 bits per heavy atom. The van der Waals surface area contributed by atoms with E-state index < -0.39 is 12.0 Å². The number of pyridine rings is 1. The van der Waals surface area contributed by atoms with Crippen LogP contribution in [0.15, 0.2) is 48.7 Å². The van der Waals surface area contributed by atoms with Gasteiger partial charge in [0.05, 0.1) is 13.2 Å². The predicted molar refractivity (Wildman–Crippen MR) is 105 cm³/mol. The molecule has 8 heteroatoms. The number of amides is 2. The summed E-state index contributed by atoms with van der Waals surface area (Å²) in [5.74, 6) is 0.372. The van der Waals surface area contributed by atoms with E-state index in [-0.39, 0.29) is 13.2 Å². The van der Waals surface area contributed by atoms with Crippen molar-refractivity contribution in [3.05, 3.63) is 60.0 Å². The molecule has 0 aliphatic heterocycles. The fourth-order valence-electron chi connectivity index (χ4n) is 2.84. The number of hydrogen-bond acceptors (Lipinski definition) is 5. The van der Waals surface area contributed by atoms with Crippen LogP contribution in [0, 0.1) is 0 Å². The normalized spacial score (nSPS) is 10.6. The van der Waals surface area contributed by atoms with Gasteiger partial charge in [0.25, 0.3) is 0 Å². The zero-order valence-electron chi connectivity index (χ0n) is 15.7. The Hall–Kier alpha value is -3.42. The Kier molecular flexibility index (Phi) is 6.56. The van der Waals surface area contributed by atoms with Gasteiger partial charge in [-0.2, -0.15) is 0 Å². The molecule has 8 nitrogen and oxygen atoms in total. The van der Waals surface area contributed by atoms with Gasteiger partial charge in [0.2, 0.25) is 0 Å². The van der Waals surface area contributed by atoms with Gasteiger partial charge in [-0.3, -0.25) is 4.79 Å². The maximum Gasteiger partial charge on any atom is 0.325 e. The summed E-state index contributed by atoms with van der Waals surface area (Å²) < 4.78 is 6.83. The van der Waals surface area contributed by atoms with Gasteiger partial charge in [0.15, 0.2) is 5.65 Å². The van der Waals surface area contributed by atoms with Gasteiger partial charge in [-0.05, 0) is 24.6 Å². The fourth-order valence-corrected chi connectivity index (χ4v) is 2.84. The second-order valence-corrected chi connectivity index (χ2v) is 6.11. The fraction of sp³-hybridized carbons (Fsp3) is 0.300. The minimum absolute atomic E-state index is 0.157. The topological polar surface area (TPSA) is 98.1 Å². The van der Waals surface area contributed by atoms with E-state index in [2.05, 4.69) is 37.3 Å². The molecule has 0 saturated carbocycles. The van der Waals surface area contributed by atoms with Crippen LogP contribution in [0.1, 0.15) is 18.3 Å². The minimum Gasteiger partial charge on any atom is -0.465 e. The molecule has 0 unspecified atom stereocenters. The number of hydrogen-bond donors (Lipinski definition) is 2. The first-order valence-electron chi connectivity index (χ1n) is 9.18. The lowest BCUT2D eigenvalue weighted by Crippen LogP contribution is -2.39. The summed E-state index contributed by atoms with van der Waals surface area (Å²) in [6.45, 7) is 2.88. The number of imidazole rings is 1. The van der Waals surface area contributed by atoms with Crippen molar-refractivity contribution in [2.75, 3.05) is 19.7 Å². The molecule has 0 bridgehead atoms. The molecule has 2 heterocycles. The number of nitrogens with one attached hydrogen (secondary N) is 2. The number of ether oxygens (including phenoxy) is 1. The third kappa shape index (κ3) is 5.06. The molecule has 0 saturated heterocycles. The highest BCUT2D eigenvalue weighted by Gasteiger charge is 2.12. The van der Waals surface area contributed by atoms with Gasteiger partial charge in [0, 0.05) is 19.2 Å². The van der Waals surface area contributed by atoms with Crippen LogP contribution in [0.4, 0.5) is 4.79 Å². The second kappa shape index (κ2) is 9.50. The zero-order valence-corrected chi connectivity index (χ0v) is 15.7. The number of aromatic nitrogens is 3. The molecule has 146 valence electrons. The van der Waals surface area contributed by atoms with Gasteiger partial charge < -0.3 is 19.9 Å². The number of fused-ring (bicyclic) bond motifs is 1. The number of rotatable bonds is 8. The van der Waals surface area contributed by atoms with Gasteiger partial charge >= 0.3 is 12.0 Å². The lowest BCUT2D eigenvalue weighted by Gasteiger charge is -2.10. The molecule has 0 aliphatic rings. The van der Waals surface area contributed by atoms with Crippen LogP contribution in [0.3, 0.4) is 0 Å². The summed E-state index contributed by atoms with van der Waals surface area (Å²) in [6.07, 6.45) is 2.28. The number of esters is 1. The molecule has 0 aliphatic carbocycles. The van der Waals surface area contributed by atoms with Gasteiger partial charge in [-0.15, -0.1) is 0 Å².